The third-order valence-electron chi connectivity index (χ3n) is 5.33. The van der Waals surface area contributed by atoms with Gasteiger partial charge in [-0.3, -0.25) is 9.59 Å². The van der Waals surface area contributed by atoms with E-state index in [-0.39, 0.29) is 22.5 Å². The van der Waals surface area contributed by atoms with Crippen molar-refractivity contribution in [1.29, 1.82) is 0 Å². The van der Waals surface area contributed by atoms with Crippen LogP contribution in [0.15, 0.2) is 67.0 Å². The van der Waals surface area contributed by atoms with E-state index in [2.05, 4.69) is 5.32 Å². The van der Waals surface area contributed by atoms with Crippen LogP contribution in [-0.2, 0) is 0 Å². The number of hydrogen-bond acceptors (Lipinski definition) is 2. The molecule has 3 aromatic rings. The predicted molar refractivity (Wildman–Crippen MR) is 114 cm³/mol. The molecule has 4 rings (SSSR count). The standard InChI is InChI=1S/C23H21ClFN3O2/c24-19-4-3-5-20(25)21(19)23(30)28-14-10-17(11-15-28)26-22(29)16-6-8-18(9-7-16)27-12-1-2-13-27/h1-9,12-13,17H,10-11,14-15H2,(H,26,29). The van der Waals surface area contributed by atoms with Crippen molar-refractivity contribution in [3.63, 3.8) is 0 Å². The molecule has 1 aliphatic heterocycles. The van der Waals surface area contributed by atoms with Crippen LogP contribution in [0.4, 0.5) is 4.39 Å². The zero-order valence-corrected chi connectivity index (χ0v) is 17.0. The normalized spacial score (nSPS) is 14.5. The number of carbonyl (C=O) groups is 2. The number of halogens is 2. The minimum absolute atomic E-state index is 0.0400. The van der Waals surface area contributed by atoms with E-state index in [9.17, 15) is 14.0 Å². The van der Waals surface area contributed by atoms with Crippen LogP contribution in [0.3, 0.4) is 0 Å². The van der Waals surface area contributed by atoms with Gasteiger partial charge in [-0.05, 0) is 61.4 Å². The van der Waals surface area contributed by atoms with Crippen LogP contribution in [0.5, 0.6) is 0 Å². The zero-order chi connectivity index (χ0) is 21.1. The number of likely N-dealkylation sites (tertiary alicyclic amines) is 1. The first-order valence-electron chi connectivity index (χ1n) is 9.80. The maximum atomic E-state index is 14.0. The van der Waals surface area contributed by atoms with Gasteiger partial charge in [0.05, 0.1) is 10.6 Å². The van der Waals surface area contributed by atoms with Crippen LogP contribution in [0.1, 0.15) is 33.6 Å². The van der Waals surface area contributed by atoms with Crippen molar-refractivity contribution in [1.82, 2.24) is 14.8 Å². The Morgan fingerprint density at radius 3 is 2.27 bits per heavy atom. The second-order valence-electron chi connectivity index (χ2n) is 7.27. The maximum Gasteiger partial charge on any atom is 0.258 e. The molecule has 1 aliphatic rings. The minimum atomic E-state index is -0.619. The summed E-state index contributed by atoms with van der Waals surface area (Å²) in [6, 6.07) is 15.4. The van der Waals surface area contributed by atoms with Crippen molar-refractivity contribution < 1.29 is 14.0 Å². The molecule has 2 aromatic carbocycles. The average molecular weight is 426 g/mol. The van der Waals surface area contributed by atoms with Crippen LogP contribution in [0.2, 0.25) is 5.02 Å². The molecule has 2 heterocycles. The highest BCUT2D eigenvalue weighted by Gasteiger charge is 2.27. The first-order valence-corrected chi connectivity index (χ1v) is 10.2. The van der Waals surface area contributed by atoms with E-state index in [0.717, 1.165) is 5.69 Å². The fraction of sp³-hybridized carbons (Fsp3) is 0.217. The van der Waals surface area contributed by atoms with E-state index in [1.807, 2.05) is 41.2 Å². The van der Waals surface area contributed by atoms with Crippen LogP contribution in [0, 0.1) is 5.82 Å². The van der Waals surface area contributed by atoms with Crippen molar-refractivity contribution in [3.8, 4) is 5.69 Å². The Kier molecular flexibility index (Phi) is 5.86. The van der Waals surface area contributed by atoms with Gasteiger partial charge < -0.3 is 14.8 Å². The van der Waals surface area contributed by atoms with E-state index in [4.69, 9.17) is 11.6 Å². The van der Waals surface area contributed by atoms with Gasteiger partial charge >= 0.3 is 0 Å². The van der Waals surface area contributed by atoms with Crippen molar-refractivity contribution >= 4 is 23.4 Å². The number of aromatic nitrogens is 1. The lowest BCUT2D eigenvalue weighted by atomic mass is 10.0. The molecule has 0 aliphatic carbocycles. The quantitative estimate of drug-likeness (QED) is 0.677. The predicted octanol–water partition coefficient (Wildman–Crippen LogP) is 4.30. The monoisotopic (exact) mass is 425 g/mol. The Morgan fingerprint density at radius 2 is 1.63 bits per heavy atom. The van der Waals surface area contributed by atoms with Crippen LogP contribution < -0.4 is 5.32 Å². The number of amides is 2. The topological polar surface area (TPSA) is 54.3 Å². The fourth-order valence-electron chi connectivity index (χ4n) is 3.65. The van der Waals surface area contributed by atoms with Gasteiger partial charge in [0, 0.05) is 42.8 Å². The molecule has 5 nitrogen and oxygen atoms in total. The van der Waals surface area contributed by atoms with Gasteiger partial charge in [-0.2, -0.15) is 0 Å². The molecule has 0 unspecified atom stereocenters. The van der Waals surface area contributed by atoms with Crippen molar-refractivity contribution in [2.24, 2.45) is 0 Å². The summed E-state index contributed by atoms with van der Waals surface area (Å²) in [6.45, 7) is 0.863. The van der Waals surface area contributed by atoms with Gasteiger partial charge in [0.1, 0.15) is 5.82 Å². The molecule has 0 radical (unpaired) electrons. The van der Waals surface area contributed by atoms with Crippen molar-refractivity contribution in [2.75, 3.05) is 13.1 Å². The van der Waals surface area contributed by atoms with Crippen molar-refractivity contribution in [3.05, 3.63) is 89.0 Å². The Bertz CT molecular complexity index is 1020. The lowest BCUT2D eigenvalue weighted by Crippen LogP contribution is -2.46. The second kappa shape index (κ2) is 8.71. The molecule has 0 spiro atoms. The second-order valence-corrected chi connectivity index (χ2v) is 7.68. The van der Waals surface area contributed by atoms with Gasteiger partial charge in [0.15, 0.2) is 0 Å². The Balaban J connectivity index is 1.33. The van der Waals surface area contributed by atoms with Crippen LogP contribution >= 0.6 is 11.6 Å². The SMILES string of the molecule is O=C(NC1CCN(C(=O)c2c(F)cccc2Cl)CC1)c1ccc(-n2cccc2)cc1. The largest absolute Gasteiger partial charge is 0.349 e. The lowest BCUT2D eigenvalue weighted by molar-refractivity contribution is 0.0694. The molecular formula is C23H21ClFN3O2. The lowest BCUT2D eigenvalue weighted by Gasteiger charge is -2.32. The number of benzene rings is 2. The van der Waals surface area contributed by atoms with E-state index < -0.39 is 11.7 Å². The molecule has 0 bridgehead atoms. The van der Waals surface area contributed by atoms with Gasteiger partial charge in [0.25, 0.3) is 11.8 Å². The molecule has 0 saturated carbocycles. The molecule has 2 amide bonds. The highest BCUT2D eigenvalue weighted by molar-refractivity contribution is 6.33. The highest BCUT2D eigenvalue weighted by Crippen LogP contribution is 2.23. The first-order chi connectivity index (χ1) is 14.5. The summed E-state index contributed by atoms with van der Waals surface area (Å²) in [5.41, 5.74) is 1.47. The average Bonchev–Trinajstić information content (AvgIpc) is 3.29. The van der Waals surface area contributed by atoms with Crippen LogP contribution in [-0.4, -0.2) is 40.4 Å². The summed E-state index contributed by atoms with van der Waals surface area (Å²) in [4.78, 5) is 26.8. The van der Waals surface area contributed by atoms with Gasteiger partial charge in [-0.1, -0.05) is 17.7 Å². The Morgan fingerprint density at radius 1 is 0.967 bits per heavy atom. The van der Waals surface area contributed by atoms with Gasteiger partial charge in [-0.15, -0.1) is 0 Å². The van der Waals surface area contributed by atoms with Crippen molar-refractivity contribution in [2.45, 2.75) is 18.9 Å². The number of piperidine rings is 1. The van der Waals surface area contributed by atoms with Gasteiger partial charge in [-0.25, -0.2) is 4.39 Å². The molecule has 1 aromatic heterocycles. The van der Waals surface area contributed by atoms with E-state index in [1.54, 1.807) is 17.0 Å². The molecule has 1 fully saturated rings. The molecule has 30 heavy (non-hydrogen) atoms. The van der Waals surface area contributed by atoms with E-state index in [1.165, 1.54) is 18.2 Å². The fourth-order valence-corrected chi connectivity index (χ4v) is 3.89. The third kappa shape index (κ3) is 4.24. The zero-order valence-electron chi connectivity index (χ0n) is 16.2. The number of nitrogens with zero attached hydrogens (tertiary/aromatic N) is 2. The number of nitrogens with one attached hydrogen (secondary N) is 1. The molecular weight excluding hydrogens is 405 g/mol. The molecule has 0 atom stereocenters. The number of hydrogen-bond donors (Lipinski definition) is 1. The summed E-state index contributed by atoms with van der Waals surface area (Å²) in [7, 11) is 0. The van der Waals surface area contributed by atoms with Gasteiger partial charge in [0.2, 0.25) is 0 Å². The first kappa shape index (κ1) is 20.2. The molecule has 1 saturated heterocycles. The summed E-state index contributed by atoms with van der Waals surface area (Å²) < 4.78 is 16.0. The summed E-state index contributed by atoms with van der Waals surface area (Å²) in [5, 5.41) is 3.14. The Hall–Kier alpha value is -3.12. The summed E-state index contributed by atoms with van der Waals surface area (Å²) in [6.07, 6.45) is 5.09. The van der Waals surface area contributed by atoms with E-state index in [0.29, 0.717) is 31.5 Å². The number of carbonyl (C=O) groups excluding carboxylic acids is 2. The Labute approximate surface area is 179 Å². The summed E-state index contributed by atoms with van der Waals surface area (Å²) >= 11 is 6.01. The summed E-state index contributed by atoms with van der Waals surface area (Å²) in [5.74, 6) is -1.18. The highest BCUT2D eigenvalue weighted by atomic mass is 35.5. The molecule has 1 N–H and O–H groups in total. The molecule has 7 heteroatoms. The minimum Gasteiger partial charge on any atom is -0.349 e. The number of rotatable bonds is 4. The molecule has 154 valence electrons. The smallest absolute Gasteiger partial charge is 0.258 e. The van der Waals surface area contributed by atoms with Crippen LogP contribution in [0.25, 0.3) is 5.69 Å². The third-order valence-corrected chi connectivity index (χ3v) is 5.64. The maximum absolute atomic E-state index is 14.0. The van der Waals surface area contributed by atoms with E-state index >= 15 is 0 Å².